The average molecular weight is 227 g/mol. The zero-order valence-corrected chi connectivity index (χ0v) is 9.02. The highest BCUT2D eigenvalue weighted by molar-refractivity contribution is 7.82. The van der Waals surface area contributed by atoms with Gasteiger partial charge in [0.05, 0.1) is 0 Å². The van der Waals surface area contributed by atoms with Crippen LogP contribution in [0.2, 0.25) is 0 Å². The number of carbonyl (C=O) groups is 1. The van der Waals surface area contributed by atoms with Gasteiger partial charge in [0.2, 0.25) is 0 Å². The molecular formula is C9H13N3O2S. The van der Waals surface area contributed by atoms with Crippen LogP contribution in [0.1, 0.15) is 12.0 Å². The quantitative estimate of drug-likeness (QED) is 0.664. The fraction of sp³-hybridized carbons (Fsp3) is 0.333. The van der Waals surface area contributed by atoms with Gasteiger partial charge in [0, 0.05) is 12.8 Å². The van der Waals surface area contributed by atoms with Gasteiger partial charge in [0.15, 0.2) is 0 Å². The number of aromatic nitrogens is 1. The number of aliphatic hydroxyl groups is 1. The van der Waals surface area contributed by atoms with Crippen LogP contribution in [-0.4, -0.2) is 22.7 Å². The first-order valence-electron chi connectivity index (χ1n) is 4.49. The fourth-order valence-electron chi connectivity index (χ4n) is 1.09. The summed E-state index contributed by atoms with van der Waals surface area (Å²) in [5.41, 5.74) is 6.02. The number of amides is 2. The van der Waals surface area contributed by atoms with Crippen molar-refractivity contribution in [3.8, 4) is 0 Å². The number of thiol groups is 1. The van der Waals surface area contributed by atoms with Gasteiger partial charge in [-0.1, -0.05) is 18.9 Å². The van der Waals surface area contributed by atoms with E-state index in [4.69, 9.17) is 10.8 Å². The number of nitrogens with two attached hydrogens (primary N) is 1. The lowest BCUT2D eigenvalue weighted by molar-refractivity contribution is 0.257. The van der Waals surface area contributed by atoms with E-state index in [9.17, 15) is 4.79 Å². The van der Waals surface area contributed by atoms with E-state index < -0.39 is 6.03 Å². The molecule has 0 atom stereocenters. The van der Waals surface area contributed by atoms with Crippen molar-refractivity contribution in [3.63, 3.8) is 0 Å². The molecular weight excluding hydrogens is 214 g/mol. The number of primary amides is 1. The third kappa shape index (κ3) is 3.41. The van der Waals surface area contributed by atoms with Gasteiger partial charge in [-0.25, -0.2) is 14.1 Å². The number of aryl methyl sites for hydroxylation is 1. The summed E-state index contributed by atoms with van der Waals surface area (Å²) in [5, 5.41) is 8.64. The number of hydrogen-bond donors (Lipinski definition) is 3. The highest BCUT2D eigenvalue weighted by Gasteiger charge is 2.08. The predicted octanol–water partition coefficient (Wildman–Crippen LogP) is 0.736. The van der Waals surface area contributed by atoms with Gasteiger partial charge in [-0.3, -0.25) is 0 Å². The van der Waals surface area contributed by atoms with Gasteiger partial charge in [-0.2, -0.15) is 0 Å². The maximum absolute atomic E-state index is 10.8. The number of urea groups is 1. The number of nitrogens with zero attached hydrogens (tertiary/aromatic N) is 2. The van der Waals surface area contributed by atoms with Crippen molar-refractivity contribution in [2.45, 2.75) is 12.8 Å². The number of pyridine rings is 1. The molecule has 0 spiro atoms. The Bertz CT molecular complexity index is 329. The van der Waals surface area contributed by atoms with Crippen LogP contribution in [-0.2, 0) is 6.42 Å². The number of rotatable bonds is 4. The summed E-state index contributed by atoms with van der Waals surface area (Å²) in [5.74, 6) is 0.388. The number of hydrogen-bond acceptors (Lipinski definition) is 4. The molecule has 82 valence electrons. The monoisotopic (exact) mass is 227 g/mol. The first kappa shape index (κ1) is 11.8. The molecule has 0 aliphatic heterocycles. The second-order valence-corrected chi connectivity index (χ2v) is 3.40. The summed E-state index contributed by atoms with van der Waals surface area (Å²) in [4.78, 5) is 14.8. The lowest BCUT2D eigenvalue weighted by Crippen LogP contribution is -2.27. The predicted molar refractivity (Wildman–Crippen MR) is 60.7 cm³/mol. The molecule has 0 saturated carbocycles. The third-order valence-electron chi connectivity index (χ3n) is 1.86. The van der Waals surface area contributed by atoms with Gasteiger partial charge in [-0.05, 0) is 24.5 Å². The highest BCUT2D eigenvalue weighted by Crippen LogP contribution is 2.13. The lowest BCUT2D eigenvalue weighted by atomic mass is 10.2. The molecule has 15 heavy (non-hydrogen) atoms. The average Bonchev–Trinajstić information content (AvgIpc) is 2.26. The zero-order chi connectivity index (χ0) is 11.3. The first-order valence-corrected chi connectivity index (χ1v) is 4.89. The molecule has 1 aromatic heterocycles. The van der Waals surface area contributed by atoms with Crippen LogP contribution in [0.25, 0.3) is 0 Å². The minimum absolute atomic E-state index is 0.154. The molecule has 1 aromatic rings. The molecule has 0 aliphatic rings. The standard InChI is InChI=1S/C9H13N3O2S/c10-9(14)12(15)8-4-3-7(6-11-8)2-1-5-13/h3-4,6,13,15H,1-2,5H2,(H2,10,14). The van der Waals surface area contributed by atoms with Crippen molar-refractivity contribution in [2.24, 2.45) is 5.73 Å². The maximum Gasteiger partial charge on any atom is 0.330 e. The normalized spacial score (nSPS) is 10.0. The number of carbonyl (C=O) groups excluding carboxylic acids is 1. The van der Waals surface area contributed by atoms with Crippen LogP contribution in [0.15, 0.2) is 18.3 Å². The molecule has 1 heterocycles. The van der Waals surface area contributed by atoms with Crippen molar-refractivity contribution < 1.29 is 9.90 Å². The fourth-order valence-corrected chi connectivity index (χ4v) is 1.20. The number of anilines is 1. The van der Waals surface area contributed by atoms with Crippen molar-refractivity contribution in [3.05, 3.63) is 23.9 Å². The van der Waals surface area contributed by atoms with Crippen LogP contribution in [0, 0.1) is 0 Å². The molecule has 0 saturated heterocycles. The molecule has 0 fully saturated rings. The van der Waals surface area contributed by atoms with Crippen molar-refractivity contribution in [2.75, 3.05) is 10.9 Å². The van der Waals surface area contributed by atoms with Gasteiger partial charge in [0.25, 0.3) is 0 Å². The SMILES string of the molecule is NC(=O)N(S)c1ccc(CCCO)cn1. The summed E-state index contributed by atoms with van der Waals surface area (Å²) in [6, 6.07) is 2.81. The van der Waals surface area contributed by atoms with Crippen LogP contribution < -0.4 is 10.0 Å². The van der Waals surface area contributed by atoms with Gasteiger partial charge < -0.3 is 10.8 Å². The first-order chi connectivity index (χ1) is 7.15. The molecule has 0 bridgehead atoms. The Morgan fingerprint density at radius 3 is 2.80 bits per heavy atom. The number of aliphatic hydroxyl groups excluding tert-OH is 1. The van der Waals surface area contributed by atoms with Gasteiger partial charge in [-0.15, -0.1) is 0 Å². The smallest absolute Gasteiger partial charge is 0.330 e. The van der Waals surface area contributed by atoms with Crippen LogP contribution >= 0.6 is 12.8 Å². The zero-order valence-electron chi connectivity index (χ0n) is 8.13. The largest absolute Gasteiger partial charge is 0.396 e. The van der Waals surface area contributed by atoms with E-state index in [1.807, 2.05) is 6.07 Å². The summed E-state index contributed by atoms with van der Waals surface area (Å²) >= 11 is 3.88. The Morgan fingerprint density at radius 1 is 1.60 bits per heavy atom. The van der Waals surface area contributed by atoms with E-state index in [-0.39, 0.29) is 6.61 Å². The minimum atomic E-state index is -0.672. The molecule has 0 unspecified atom stereocenters. The highest BCUT2D eigenvalue weighted by atomic mass is 32.1. The molecule has 1 rings (SSSR count). The van der Waals surface area contributed by atoms with Gasteiger partial charge in [0.1, 0.15) is 5.82 Å². The van der Waals surface area contributed by atoms with Crippen LogP contribution in [0.3, 0.4) is 0 Å². The van der Waals surface area contributed by atoms with Crippen molar-refractivity contribution in [1.82, 2.24) is 4.98 Å². The maximum atomic E-state index is 10.8. The molecule has 0 radical (unpaired) electrons. The summed E-state index contributed by atoms with van der Waals surface area (Å²) in [6.07, 6.45) is 3.09. The van der Waals surface area contributed by atoms with Crippen molar-refractivity contribution >= 4 is 24.7 Å². The Labute approximate surface area is 93.5 Å². The Hall–Kier alpha value is -1.27. The van der Waals surface area contributed by atoms with E-state index in [1.165, 1.54) is 0 Å². The van der Waals surface area contributed by atoms with Crippen molar-refractivity contribution in [1.29, 1.82) is 0 Å². The second-order valence-electron chi connectivity index (χ2n) is 3.00. The lowest BCUT2D eigenvalue weighted by Gasteiger charge is -2.11. The Kier molecular flexibility index (Phi) is 4.38. The van der Waals surface area contributed by atoms with E-state index >= 15 is 0 Å². The second kappa shape index (κ2) is 5.57. The molecule has 0 aromatic carbocycles. The molecule has 6 heteroatoms. The van der Waals surface area contributed by atoms with Crippen LogP contribution in [0.4, 0.5) is 10.6 Å². The molecule has 3 N–H and O–H groups in total. The summed E-state index contributed by atoms with van der Waals surface area (Å²) < 4.78 is 0.968. The molecule has 5 nitrogen and oxygen atoms in total. The molecule has 0 aliphatic carbocycles. The van der Waals surface area contributed by atoms with E-state index in [1.54, 1.807) is 12.3 Å². The van der Waals surface area contributed by atoms with E-state index in [0.29, 0.717) is 12.2 Å². The summed E-state index contributed by atoms with van der Waals surface area (Å²) in [6.45, 7) is 0.154. The Morgan fingerprint density at radius 2 is 2.33 bits per heavy atom. The topological polar surface area (TPSA) is 79.5 Å². The van der Waals surface area contributed by atoms with Crippen LogP contribution in [0.5, 0.6) is 0 Å². The van der Waals surface area contributed by atoms with Gasteiger partial charge >= 0.3 is 6.03 Å². The van der Waals surface area contributed by atoms with E-state index in [2.05, 4.69) is 17.8 Å². The minimum Gasteiger partial charge on any atom is -0.396 e. The summed E-state index contributed by atoms with van der Waals surface area (Å²) in [7, 11) is 0. The van der Waals surface area contributed by atoms with E-state index in [0.717, 1.165) is 16.3 Å². The molecule has 2 amide bonds. The Balaban J connectivity index is 2.67. The third-order valence-corrected chi connectivity index (χ3v) is 2.26.